The van der Waals surface area contributed by atoms with Crippen molar-refractivity contribution in [3.63, 3.8) is 0 Å². The van der Waals surface area contributed by atoms with E-state index < -0.39 is 17.6 Å². The number of aliphatic hydroxyl groups is 1. The molecule has 6 unspecified atom stereocenters. The molecule has 1 saturated heterocycles. The van der Waals surface area contributed by atoms with Crippen LogP contribution in [-0.4, -0.2) is 54.4 Å². The van der Waals surface area contributed by atoms with Crippen molar-refractivity contribution in [3.8, 4) is 5.75 Å². The molecule has 6 aliphatic rings. The number of hydrogen-bond acceptors (Lipinski definition) is 7. The number of carbonyl (C=O) groups is 3. The highest BCUT2D eigenvalue weighted by atomic mass is 16.5. The van der Waals surface area contributed by atoms with Crippen LogP contribution in [0, 0.1) is 17.3 Å². The molecule has 3 amide bonds. The molecule has 2 N–H and O–H groups in total. The lowest BCUT2D eigenvalue weighted by Gasteiger charge is -2.93. The fourth-order valence-electron chi connectivity index (χ4n) is 8.82. The Morgan fingerprint density at radius 2 is 2.06 bits per heavy atom. The van der Waals surface area contributed by atoms with Gasteiger partial charge in [0.15, 0.2) is 0 Å². The van der Waals surface area contributed by atoms with E-state index in [2.05, 4.69) is 15.6 Å². The number of rotatable bonds is 5. The molecular formula is C25H25N5O5. The second-order valence-corrected chi connectivity index (χ2v) is 11.3. The molecule has 2 aliphatic heterocycles. The zero-order valence-electron chi connectivity index (χ0n) is 19.1. The number of aromatic nitrogens is 3. The van der Waals surface area contributed by atoms with Gasteiger partial charge in [0.2, 0.25) is 11.8 Å². The van der Waals surface area contributed by atoms with Crippen molar-refractivity contribution in [3.05, 3.63) is 41.2 Å². The van der Waals surface area contributed by atoms with E-state index >= 15 is 0 Å². The van der Waals surface area contributed by atoms with Gasteiger partial charge in [-0.15, -0.1) is 5.10 Å². The lowest BCUT2D eigenvalue weighted by molar-refractivity contribution is -0.485. The quantitative estimate of drug-likeness (QED) is 0.615. The van der Waals surface area contributed by atoms with E-state index in [9.17, 15) is 19.5 Å². The molecule has 1 aromatic heterocycles. The van der Waals surface area contributed by atoms with Crippen LogP contribution in [0.5, 0.6) is 5.75 Å². The molecule has 2 aromatic rings. The summed E-state index contributed by atoms with van der Waals surface area (Å²) in [6.45, 7) is 0.472. The van der Waals surface area contributed by atoms with Crippen LogP contribution in [0.3, 0.4) is 0 Å². The van der Waals surface area contributed by atoms with Crippen LogP contribution in [0.2, 0.25) is 0 Å². The third kappa shape index (κ3) is 2.11. The van der Waals surface area contributed by atoms with Crippen LogP contribution in [0.25, 0.3) is 0 Å². The van der Waals surface area contributed by atoms with Crippen LogP contribution >= 0.6 is 0 Å². The normalized spacial score (nSPS) is 39.9. The molecule has 0 bridgehead atoms. The minimum atomic E-state index is -0.659. The van der Waals surface area contributed by atoms with Crippen LogP contribution < -0.4 is 10.1 Å². The van der Waals surface area contributed by atoms with Gasteiger partial charge >= 0.3 is 0 Å². The van der Waals surface area contributed by atoms with Crippen molar-refractivity contribution in [1.82, 2.24) is 25.2 Å². The molecule has 180 valence electrons. The number of nitrogens with zero attached hydrogens (tertiary/aromatic N) is 4. The third-order valence-corrected chi connectivity index (χ3v) is 10.0. The molecule has 6 atom stereocenters. The van der Waals surface area contributed by atoms with Crippen molar-refractivity contribution < 1.29 is 24.2 Å². The Hall–Kier alpha value is -3.27. The van der Waals surface area contributed by atoms with Crippen LogP contribution in [0.1, 0.15) is 60.1 Å². The van der Waals surface area contributed by atoms with Gasteiger partial charge in [-0.3, -0.25) is 19.7 Å². The zero-order chi connectivity index (χ0) is 23.7. The first-order chi connectivity index (χ1) is 16.9. The van der Waals surface area contributed by atoms with Crippen molar-refractivity contribution in [1.29, 1.82) is 0 Å². The van der Waals surface area contributed by atoms with E-state index in [0.29, 0.717) is 35.3 Å². The third-order valence-electron chi connectivity index (χ3n) is 10.0. The highest BCUT2D eigenvalue weighted by Gasteiger charge is 2.95. The summed E-state index contributed by atoms with van der Waals surface area (Å²) in [6.07, 6.45) is 6.50. The first-order valence-electron chi connectivity index (χ1n) is 12.4. The van der Waals surface area contributed by atoms with E-state index in [0.717, 1.165) is 24.8 Å². The zero-order valence-corrected chi connectivity index (χ0v) is 19.1. The number of ether oxygens (including phenoxy) is 1. The fourth-order valence-corrected chi connectivity index (χ4v) is 8.82. The summed E-state index contributed by atoms with van der Waals surface area (Å²) in [7, 11) is 0. The maximum Gasteiger partial charge on any atom is 0.255 e. The molecule has 4 saturated carbocycles. The molecular weight excluding hydrogens is 450 g/mol. The SMILES string of the molecule is O=C1CCC(N2Cc3c(OCc4cn(C56CC7CC8CC(O)(C5)C876)nn4)cccc3C2=O)C(=O)N1. The van der Waals surface area contributed by atoms with Gasteiger partial charge in [-0.25, -0.2) is 4.68 Å². The lowest BCUT2D eigenvalue weighted by Crippen LogP contribution is -2.96. The Morgan fingerprint density at radius 3 is 2.83 bits per heavy atom. The average Bonchev–Trinajstić information content (AvgIpc) is 3.39. The standard InChI is InChI=1S/C25H25N5O5/c31-20-5-4-18(21(32)26-20)29-10-17-16(22(29)33)2-1-3-19(17)35-11-15-9-30(28-27-15)23-7-13-6-14-8-24(34,12-23)25(13,14)23/h1-3,9,13-14,18,34H,4-8,10-12H2,(H,26,31,32). The number of hydrogen-bond donors (Lipinski definition) is 2. The monoisotopic (exact) mass is 475 g/mol. The molecule has 0 radical (unpaired) electrons. The van der Waals surface area contributed by atoms with Gasteiger partial charge < -0.3 is 14.7 Å². The molecule has 10 heteroatoms. The Bertz CT molecular complexity index is 1350. The second-order valence-electron chi connectivity index (χ2n) is 11.3. The summed E-state index contributed by atoms with van der Waals surface area (Å²) in [5, 5.41) is 22.0. The summed E-state index contributed by atoms with van der Waals surface area (Å²) < 4.78 is 8.07. The number of benzene rings is 1. The summed E-state index contributed by atoms with van der Waals surface area (Å²) in [4.78, 5) is 38.4. The van der Waals surface area contributed by atoms with Crippen molar-refractivity contribution in [2.24, 2.45) is 17.3 Å². The molecule has 8 rings (SSSR count). The minimum absolute atomic E-state index is 0.0337. The largest absolute Gasteiger partial charge is 0.487 e. The van der Waals surface area contributed by atoms with Gasteiger partial charge in [0.05, 0.1) is 23.9 Å². The second kappa shape index (κ2) is 6.10. The van der Waals surface area contributed by atoms with Gasteiger partial charge in [-0.05, 0) is 49.7 Å². The van der Waals surface area contributed by atoms with Crippen molar-refractivity contribution >= 4 is 17.7 Å². The Balaban J connectivity index is 0.997. The molecule has 1 spiro atoms. The van der Waals surface area contributed by atoms with E-state index in [1.165, 1.54) is 11.3 Å². The Labute approximate surface area is 200 Å². The minimum Gasteiger partial charge on any atom is -0.487 e. The van der Waals surface area contributed by atoms with Crippen LogP contribution in [-0.2, 0) is 28.3 Å². The van der Waals surface area contributed by atoms with Gasteiger partial charge in [0.25, 0.3) is 5.91 Å². The van der Waals surface area contributed by atoms with Crippen molar-refractivity contribution in [2.45, 2.75) is 68.9 Å². The van der Waals surface area contributed by atoms with E-state index in [4.69, 9.17) is 4.74 Å². The molecule has 3 heterocycles. The number of amides is 3. The van der Waals surface area contributed by atoms with Crippen molar-refractivity contribution in [2.75, 3.05) is 0 Å². The Kier molecular flexibility index (Phi) is 3.48. The maximum absolute atomic E-state index is 13.0. The summed E-state index contributed by atoms with van der Waals surface area (Å²) >= 11 is 0. The molecule has 4 aliphatic carbocycles. The van der Waals surface area contributed by atoms with Crippen LogP contribution in [0.15, 0.2) is 24.4 Å². The molecule has 10 nitrogen and oxygen atoms in total. The predicted octanol–water partition coefficient (Wildman–Crippen LogP) is 0.878. The number of piperidine rings is 1. The maximum atomic E-state index is 13.0. The summed E-state index contributed by atoms with van der Waals surface area (Å²) in [5.41, 5.74) is 1.42. The van der Waals surface area contributed by atoms with Gasteiger partial charge in [-0.1, -0.05) is 11.3 Å². The average molecular weight is 476 g/mol. The van der Waals surface area contributed by atoms with E-state index in [-0.39, 0.29) is 42.3 Å². The molecule has 5 fully saturated rings. The molecule has 1 aromatic carbocycles. The van der Waals surface area contributed by atoms with Gasteiger partial charge in [-0.2, -0.15) is 0 Å². The van der Waals surface area contributed by atoms with Gasteiger partial charge in [0, 0.05) is 29.4 Å². The van der Waals surface area contributed by atoms with E-state index in [1.807, 2.05) is 16.9 Å². The lowest BCUT2D eigenvalue weighted by atomic mass is 9.14. The topological polar surface area (TPSA) is 127 Å². The number of fused-ring (bicyclic) bond motifs is 1. The number of carbonyl (C=O) groups excluding carboxylic acids is 3. The highest BCUT2D eigenvalue weighted by Crippen LogP contribution is 2.92. The highest BCUT2D eigenvalue weighted by molar-refractivity contribution is 6.05. The van der Waals surface area contributed by atoms with Gasteiger partial charge in [0.1, 0.15) is 24.1 Å². The Morgan fingerprint density at radius 1 is 1.20 bits per heavy atom. The smallest absolute Gasteiger partial charge is 0.255 e. The first-order valence-corrected chi connectivity index (χ1v) is 12.4. The fraction of sp³-hybridized carbons (Fsp3) is 0.560. The van der Waals surface area contributed by atoms with E-state index in [1.54, 1.807) is 12.1 Å². The number of nitrogens with one attached hydrogen (secondary N) is 1. The summed E-state index contributed by atoms with van der Waals surface area (Å²) in [6, 6.07) is 4.67. The number of imide groups is 1. The molecule has 35 heavy (non-hydrogen) atoms. The first kappa shape index (κ1) is 20.0. The summed E-state index contributed by atoms with van der Waals surface area (Å²) in [5.74, 6) is 0.872. The van der Waals surface area contributed by atoms with Crippen LogP contribution in [0.4, 0.5) is 0 Å². The predicted molar refractivity (Wildman–Crippen MR) is 118 cm³/mol.